The van der Waals surface area contributed by atoms with Crippen LogP contribution in [0.15, 0.2) is 28.8 Å². The van der Waals surface area contributed by atoms with E-state index in [1.54, 1.807) is 6.07 Å². The predicted molar refractivity (Wildman–Crippen MR) is 75.3 cm³/mol. The lowest BCUT2D eigenvalue weighted by Crippen LogP contribution is -2.33. The van der Waals surface area contributed by atoms with Crippen LogP contribution in [0.25, 0.3) is 11.0 Å². The first kappa shape index (κ1) is 13.5. The summed E-state index contributed by atoms with van der Waals surface area (Å²) in [4.78, 5) is 0. The van der Waals surface area contributed by atoms with Crippen LogP contribution in [-0.2, 0) is 15.8 Å². The molecule has 7 heteroatoms. The van der Waals surface area contributed by atoms with Gasteiger partial charge in [-0.1, -0.05) is 24.2 Å². The summed E-state index contributed by atoms with van der Waals surface area (Å²) in [6.07, 6.45) is 0. The Bertz CT molecular complexity index is 715. The van der Waals surface area contributed by atoms with Gasteiger partial charge in [0.25, 0.3) is 0 Å². The van der Waals surface area contributed by atoms with E-state index in [4.69, 9.17) is 10.3 Å². The molecule has 2 aromatic rings. The number of nitrogens with zero attached hydrogens (tertiary/aromatic N) is 2. The van der Waals surface area contributed by atoms with Gasteiger partial charge in [0.05, 0.1) is 0 Å². The molecule has 0 spiro atoms. The van der Waals surface area contributed by atoms with E-state index in [0.717, 1.165) is 5.39 Å². The lowest BCUT2D eigenvalue weighted by Gasteiger charge is -2.14. The molecule has 2 heterocycles. The number of hydrogen-bond acceptors (Lipinski definition) is 5. The molecule has 0 saturated carbocycles. The molecule has 1 aromatic heterocycles. The van der Waals surface area contributed by atoms with Gasteiger partial charge in [-0.05, 0) is 18.1 Å². The first-order valence-corrected chi connectivity index (χ1v) is 8.15. The molecule has 0 bridgehead atoms. The van der Waals surface area contributed by atoms with Gasteiger partial charge in [-0.2, -0.15) is 4.31 Å². The van der Waals surface area contributed by atoms with E-state index in [2.05, 4.69) is 5.16 Å². The molecule has 0 radical (unpaired) electrons. The second-order valence-corrected chi connectivity index (χ2v) is 7.31. The summed E-state index contributed by atoms with van der Waals surface area (Å²) in [5.74, 6) is 0.0301. The highest BCUT2D eigenvalue weighted by Crippen LogP contribution is 2.24. The molecule has 1 aliphatic rings. The van der Waals surface area contributed by atoms with Crippen molar-refractivity contribution in [3.63, 3.8) is 0 Å². The summed E-state index contributed by atoms with van der Waals surface area (Å²) < 4.78 is 31.4. The minimum Gasteiger partial charge on any atom is -0.356 e. The highest BCUT2D eigenvalue weighted by atomic mass is 32.2. The number of fused-ring (bicyclic) bond motifs is 1. The van der Waals surface area contributed by atoms with Crippen molar-refractivity contribution in [3.05, 3.63) is 30.0 Å². The zero-order chi connectivity index (χ0) is 14.3. The Labute approximate surface area is 117 Å². The third-order valence-electron chi connectivity index (χ3n) is 3.80. The molecule has 1 aromatic carbocycles. The van der Waals surface area contributed by atoms with Crippen LogP contribution in [0.4, 0.5) is 0 Å². The molecule has 1 fully saturated rings. The van der Waals surface area contributed by atoms with Crippen LogP contribution < -0.4 is 5.73 Å². The van der Waals surface area contributed by atoms with Crippen LogP contribution in [0.3, 0.4) is 0 Å². The van der Waals surface area contributed by atoms with Crippen LogP contribution in [0.1, 0.15) is 12.6 Å². The largest absolute Gasteiger partial charge is 0.356 e. The van der Waals surface area contributed by atoms with Gasteiger partial charge in [-0.25, -0.2) is 8.42 Å². The minimum atomic E-state index is -3.41. The molecule has 2 atom stereocenters. The van der Waals surface area contributed by atoms with Crippen LogP contribution in [0, 0.1) is 5.92 Å². The van der Waals surface area contributed by atoms with Crippen molar-refractivity contribution in [2.45, 2.75) is 18.7 Å². The second kappa shape index (κ2) is 4.83. The van der Waals surface area contributed by atoms with Crippen molar-refractivity contribution in [1.29, 1.82) is 0 Å². The molecule has 0 amide bonds. The smallest absolute Gasteiger partial charge is 0.220 e. The fraction of sp³-hybridized carbons (Fsp3) is 0.462. The Kier molecular flexibility index (Phi) is 3.27. The van der Waals surface area contributed by atoms with Crippen molar-refractivity contribution < 1.29 is 12.9 Å². The zero-order valence-electron chi connectivity index (χ0n) is 11.2. The number of benzene rings is 1. The van der Waals surface area contributed by atoms with Crippen molar-refractivity contribution in [2.24, 2.45) is 11.7 Å². The maximum absolute atomic E-state index is 12.4. The van der Waals surface area contributed by atoms with Crippen molar-refractivity contribution in [1.82, 2.24) is 9.46 Å². The molecular weight excluding hydrogens is 278 g/mol. The summed E-state index contributed by atoms with van der Waals surface area (Å²) in [5.41, 5.74) is 6.94. The molecule has 2 N–H and O–H groups in total. The van der Waals surface area contributed by atoms with Gasteiger partial charge in [0.2, 0.25) is 10.0 Å². The number of nitrogens with two attached hydrogens (primary N) is 1. The number of para-hydroxylation sites is 1. The number of sulfonamides is 1. The van der Waals surface area contributed by atoms with E-state index in [1.807, 2.05) is 25.1 Å². The molecule has 2 unspecified atom stereocenters. The molecule has 1 aliphatic heterocycles. The SMILES string of the molecule is CC1CN(S(=O)(=O)Cc2noc3ccccc23)CC1N. The number of rotatable bonds is 3. The van der Waals surface area contributed by atoms with E-state index in [9.17, 15) is 8.42 Å². The van der Waals surface area contributed by atoms with Gasteiger partial charge in [0.1, 0.15) is 11.4 Å². The van der Waals surface area contributed by atoms with E-state index in [0.29, 0.717) is 24.4 Å². The van der Waals surface area contributed by atoms with E-state index < -0.39 is 10.0 Å². The summed E-state index contributed by atoms with van der Waals surface area (Å²) >= 11 is 0. The van der Waals surface area contributed by atoms with Gasteiger partial charge in [0.15, 0.2) is 5.58 Å². The zero-order valence-corrected chi connectivity index (χ0v) is 12.0. The summed E-state index contributed by atoms with van der Waals surface area (Å²) in [5, 5.41) is 4.62. The second-order valence-electron chi connectivity index (χ2n) is 5.34. The highest BCUT2D eigenvalue weighted by Gasteiger charge is 2.35. The Morgan fingerprint density at radius 3 is 2.85 bits per heavy atom. The monoisotopic (exact) mass is 295 g/mol. The molecule has 1 saturated heterocycles. The molecular formula is C13H17N3O3S. The topological polar surface area (TPSA) is 89.4 Å². The Balaban J connectivity index is 1.87. The van der Waals surface area contributed by atoms with Crippen molar-refractivity contribution in [3.8, 4) is 0 Å². The highest BCUT2D eigenvalue weighted by molar-refractivity contribution is 7.88. The quantitative estimate of drug-likeness (QED) is 0.910. The van der Waals surface area contributed by atoms with Gasteiger partial charge in [0, 0.05) is 24.5 Å². The maximum Gasteiger partial charge on any atom is 0.220 e. The first-order valence-electron chi connectivity index (χ1n) is 6.54. The van der Waals surface area contributed by atoms with Gasteiger partial charge >= 0.3 is 0 Å². The first-order chi connectivity index (χ1) is 9.47. The average Bonchev–Trinajstić information content (AvgIpc) is 2.95. The third-order valence-corrected chi connectivity index (χ3v) is 5.52. The van der Waals surface area contributed by atoms with E-state index in [1.165, 1.54) is 4.31 Å². The summed E-state index contributed by atoms with van der Waals surface area (Å²) in [7, 11) is -3.41. The van der Waals surface area contributed by atoms with Gasteiger partial charge in [-0.3, -0.25) is 0 Å². The van der Waals surface area contributed by atoms with Crippen molar-refractivity contribution in [2.75, 3.05) is 13.1 Å². The number of hydrogen-bond donors (Lipinski definition) is 1. The fourth-order valence-electron chi connectivity index (χ4n) is 2.48. The molecule has 6 nitrogen and oxygen atoms in total. The Morgan fingerprint density at radius 1 is 1.40 bits per heavy atom. The average molecular weight is 295 g/mol. The normalized spacial score (nSPS) is 24.5. The lowest BCUT2D eigenvalue weighted by molar-refractivity contribution is 0.441. The van der Waals surface area contributed by atoms with Crippen LogP contribution in [-0.4, -0.2) is 37.0 Å². The molecule has 108 valence electrons. The maximum atomic E-state index is 12.4. The predicted octanol–water partition coefficient (Wildman–Crippen LogP) is 0.937. The van der Waals surface area contributed by atoms with Crippen molar-refractivity contribution >= 4 is 21.0 Å². The van der Waals surface area contributed by atoms with Gasteiger partial charge in [-0.15, -0.1) is 0 Å². The lowest BCUT2D eigenvalue weighted by atomic mass is 10.1. The van der Waals surface area contributed by atoms with Crippen LogP contribution in [0.5, 0.6) is 0 Å². The minimum absolute atomic E-state index is 0.0983. The summed E-state index contributed by atoms with van der Waals surface area (Å²) in [6.45, 7) is 2.81. The molecule has 3 rings (SSSR count). The van der Waals surface area contributed by atoms with E-state index >= 15 is 0 Å². The Morgan fingerprint density at radius 2 is 2.15 bits per heavy atom. The van der Waals surface area contributed by atoms with Crippen LogP contribution in [0.2, 0.25) is 0 Å². The third kappa shape index (κ3) is 2.32. The molecule has 20 heavy (non-hydrogen) atoms. The number of aromatic nitrogens is 1. The van der Waals surface area contributed by atoms with Crippen LogP contribution >= 0.6 is 0 Å². The standard InChI is InChI=1S/C13H17N3O3S/c1-9-6-16(7-11(9)14)20(17,18)8-12-10-4-2-3-5-13(10)19-15-12/h2-5,9,11H,6-8,14H2,1H3. The van der Waals surface area contributed by atoms with E-state index in [-0.39, 0.29) is 17.7 Å². The van der Waals surface area contributed by atoms with Gasteiger partial charge < -0.3 is 10.3 Å². The Hall–Kier alpha value is -1.44. The summed E-state index contributed by atoms with van der Waals surface area (Å²) in [6, 6.07) is 7.15. The molecule has 0 aliphatic carbocycles. The fourth-order valence-corrected chi connectivity index (χ4v) is 4.08.